The molecule has 0 unspecified atom stereocenters. The predicted octanol–water partition coefficient (Wildman–Crippen LogP) is 4.30. The summed E-state index contributed by atoms with van der Waals surface area (Å²) in [5.41, 5.74) is 3.14. The lowest BCUT2D eigenvalue weighted by atomic mass is 10.1. The van der Waals surface area contributed by atoms with Gasteiger partial charge in [-0.25, -0.2) is 14.2 Å². The molecule has 7 nitrogen and oxygen atoms in total. The number of nitrogens with zero attached hydrogens (tertiary/aromatic N) is 4. The minimum atomic E-state index is -0.480. The number of imidazole rings is 1. The van der Waals surface area contributed by atoms with Crippen molar-refractivity contribution in [2.45, 2.75) is 6.92 Å². The van der Waals surface area contributed by atoms with Crippen LogP contribution in [0.1, 0.15) is 16.2 Å². The molecular formula is C23H20ClFN4O3. The lowest BCUT2D eigenvalue weighted by Crippen LogP contribution is -2.36. The Hall–Kier alpha value is -3.23. The van der Waals surface area contributed by atoms with Crippen molar-refractivity contribution >= 4 is 45.2 Å². The molecule has 0 bridgehead atoms. The molecule has 5 rings (SSSR count). The Morgan fingerprint density at radius 2 is 2.00 bits per heavy atom. The molecule has 4 aromatic rings. The van der Waals surface area contributed by atoms with Gasteiger partial charge in [0.05, 0.1) is 42.1 Å². The van der Waals surface area contributed by atoms with Crippen molar-refractivity contribution in [2.75, 3.05) is 38.3 Å². The van der Waals surface area contributed by atoms with Crippen molar-refractivity contribution in [1.82, 2.24) is 14.5 Å². The van der Waals surface area contributed by atoms with E-state index in [0.29, 0.717) is 64.8 Å². The van der Waals surface area contributed by atoms with E-state index in [2.05, 4.69) is 14.9 Å². The largest absolute Gasteiger partial charge is 0.465 e. The molecule has 0 saturated carbocycles. The fraction of sp³-hybridized carbons (Fsp3) is 0.261. The van der Waals surface area contributed by atoms with E-state index in [1.165, 1.54) is 19.4 Å². The van der Waals surface area contributed by atoms with Crippen LogP contribution < -0.4 is 4.90 Å². The van der Waals surface area contributed by atoms with Gasteiger partial charge < -0.3 is 14.4 Å². The Balaban J connectivity index is 1.84. The van der Waals surface area contributed by atoms with Crippen molar-refractivity contribution < 1.29 is 18.7 Å². The molecule has 3 heterocycles. The maximum atomic E-state index is 14.5. The third kappa shape index (κ3) is 3.27. The molecular weight excluding hydrogens is 435 g/mol. The molecule has 1 saturated heterocycles. The Morgan fingerprint density at radius 1 is 1.22 bits per heavy atom. The number of anilines is 1. The van der Waals surface area contributed by atoms with Crippen molar-refractivity contribution in [2.24, 2.45) is 0 Å². The summed E-state index contributed by atoms with van der Waals surface area (Å²) in [7, 11) is 1.34. The molecule has 1 fully saturated rings. The quantitative estimate of drug-likeness (QED) is 0.430. The van der Waals surface area contributed by atoms with Crippen molar-refractivity contribution in [3.05, 3.63) is 58.8 Å². The van der Waals surface area contributed by atoms with Crippen LogP contribution in [-0.4, -0.2) is 53.9 Å². The molecule has 1 aliphatic heterocycles. The molecule has 164 valence electrons. The number of esters is 1. The van der Waals surface area contributed by atoms with Gasteiger partial charge in [-0.1, -0.05) is 23.7 Å². The van der Waals surface area contributed by atoms with Gasteiger partial charge in [-0.3, -0.25) is 9.55 Å². The van der Waals surface area contributed by atoms with E-state index in [4.69, 9.17) is 21.1 Å². The van der Waals surface area contributed by atoms with Gasteiger partial charge in [0.1, 0.15) is 22.7 Å². The van der Waals surface area contributed by atoms with E-state index in [0.717, 1.165) is 5.69 Å². The number of hydrogen-bond acceptors (Lipinski definition) is 6. The fourth-order valence-corrected chi connectivity index (χ4v) is 4.44. The van der Waals surface area contributed by atoms with Crippen molar-refractivity contribution in [3.8, 4) is 5.69 Å². The third-order valence-corrected chi connectivity index (χ3v) is 5.97. The first-order chi connectivity index (χ1) is 15.5. The van der Waals surface area contributed by atoms with Crippen LogP contribution in [0.5, 0.6) is 0 Å². The Kier molecular flexibility index (Phi) is 5.19. The number of aromatic nitrogens is 3. The second-order valence-electron chi connectivity index (χ2n) is 7.54. The number of carbonyl (C=O) groups excluding carboxylic acids is 1. The van der Waals surface area contributed by atoms with Crippen LogP contribution in [0.25, 0.3) is 27.6 Å². The SMILES string of the molecule is COC(=O)c1cc(N2CCOCC2)cc2c1nc(C)n2-c1c(Cl)cnc2c(F)cccc12. The molecule has 0 spiro atoms. The molecule has 2 aromatic carbocycles. The van der Waals surface area contributed by atoms with Crippen LogP contribution in [0.2, 0.25) is 5.02 Å². The second kappa shape index (κ2) is 8.03. The number of pyridine rings is 1. The smallest absolute Gasteiger partial charge is 0.340 e. The van der Waals surface area contributed by atoms with Gasteiger partial charge >= 0.3 is 5.97 Å². The van der Waals surface area contributed by atoms with E-state index in [1.54, 1.807) is 18.2 Å². The van der Waals surface area contributed by atoms with E-state index in [9.17, 15) is 9.18 Å². The monoisotopic (exact) mass is 454 g/mol. The van der Waals surface area contributed by atoms with Gasteiger partial charge in [-0.05, 0) is 25.1 Å². The van der Waals surface area contributed by atoms with Crippen LogP contribution in [0.4, 0.5) is 10.1 Å². The highest BCUT2D eigenvalue weighted by Crippen LogP contribution is 2.35. The van der Waals surface area contributed by atoms with Crippen molar-refractivity contribution in [3.63, 3.8) is 0 Å². The zero-order chi connectivity index (χ0) is 22.4. The third-order valence-electron chi connectivity index (χ3n) is 5.69. The van der Waals surface area contributed by atoms with Gasteiger partial charge in [0.15, 0.2) is 0 Å². The summed E-state index contributed by atoms with van der Waals surface area (Å²) in [4.78, 5) is 23.6. The molecule has 32 heavy (non-hydrogen) atoms. The number of para-hydroxylation sites is 1. The minimum absolute atomic E-state index is 0.214. The van der Waals surface area contributed by atoms with Crippen LogP contribution in [0.15, 0.2) is 36.5 Å². The molecule has 0 atom stereocenters. The number of halogens is 2. The second-order valence-corrected chi connectivity index (χ2v) is 7.94. The Labute approximate surface area is 188 Å². The first-order valence-electron chi connectivity index (χ1n) is 10.2. The standard InChI is InChI=1S/C23H20ClFN4O3/c1-13-27-21-16(23(30)31-2)10-14(28-6-8-32-9-7-28)11-19(21)29(13)22-15-4-3-5-18(25)20(15)26-12-17(22)24/h3-5,10-12H,6-9H2,1-2H3. The van der Waals surface area contributed by atoms with Gasteiger partial charge in [0.2, 0.25) is 0 Å². The summed E-state index contributed by atoms with van der Waals surface area (Å²) >= 11 is 6.59. The van der Waals surface area contributed by atoms with Gasteiger partial charge in [-0.2, -0.15) is 0 Å². The lowest BCUT2D eigenvalue weighted by molar-refractivity contribution is 0.0603. The fourth-order valence-electron chi connectivity index (χ4n) is 4.21. The molecule has 0 amide bonds. The average molecular weight is 455 g/mol. The normalized spacial score (nSPS) is 14.3. The van der Waals surface area contributed by atoms with Crippen molar-refractivity contribution in [1.29, 1.82) is 0 Å². The van der Waals surface area contributed by atoms with Crippen LogP contribution >= 0.6 is 11.6 Å². The molecule has 1 aliphatic rings. The first-order valence-corrected chi connectivity index (χ1v) is 10.5. The van der Waals surface area contributed by atoms with Gasteiger partial charge in [0, 0.05) is 30.4 Å². The Bertz CT molecular complexity index is 1360. The molecule has 0 radical (unpaired) electrons. The summed E-state index contributed by atoms with van der Waals surface area (Å²) in [6.45, 7) is 4.41. The number of methoxy groups -OCH3 is 1. The van der Waals surface area contributed by atoms with Gasteiger partial charge in [0.25, 0.3) is 0 Å². The number of carbonyl (C=O) groups is 1. The number of fused-ring (bicyclic) bond motifs is 2. The summed E-state index contributed by atoms with van der Waals surface area (Å²) < 4.78 is 26.8. The molecule has 9 heteroatoms. The summed E-state index contributed by atoms with van der Waals surface area (Å²) in [5, 5.41) is 0.901. The predicted molar refractivity (Wildman–Crippen MR) is 120 cm³/mol. The number of morpholine rings is 1. The molecule has 2 aromatic heterocycles. The van der Waals surface area contributed by atoms with Crippen LogP contribution in [0.3, 0.4) is 0 Å². The topological polar surface area (TPSA) is 69.5 Å². The van der Waals surface area contributed by atoms with E-state index in [1.807, 2.05) is 17.6 Å². The van der Waals surface area contributed by atoms with E-state index in [-0.39, 0.29) is 5.52 Å². The Morgan fingerprint density at radius 3 is 2.75 bits per heavy atom. The summed E-state index contributed by atoms with van der Waals surface area (Å²) in [5.74, 6) is -0.318. The van der Waals surface area contributed by atoms with E-state index < -0.39 is 11.8 Å². The van der Waals surface area contributed by atoms with Crippen LogP contribution in [-0.2, 0) is 9.47 Å². The maximum Gasteiger partial charge on any atom is 0.340 e. The minimum Gasteiger partial charge on any atom is -0.465 e. The van der Waals surface area contributed by atoms with E-state index >= 15 is 0 Å². The zero-order valence-corrected chi connectivity index (χ0v) is 18.3. The molecule has 0 aliphatic carbocycles. The highest BCUT2D eigenvalue weighted by atomic mass is 35.5. The number of hydrogen-bond donors (Lipinski definition) is 0. The lowest BCUT2D eigenvalue weighted by Gasteiger charge is -2.29. The summed E-state index contributed by atoms with van der Waals surface area (Å²) in [6, 6.07) is 8.51. The number of ether oxygens (including phenoxy) is 2. The number of benzene rings is 2. The zero-order valence-electron chi connectivity index (χ0n) is 17.6. The maximum absolute atomic E-state index is 14.5. The molecule has 0 N–H and O–H groups in total. The number of aryl methyl sites for hydroxylation is 1. The number of rotatable bonds is 3. The summed E-state index contributed by atoms with van der Waals surface area (Å²) in [6.07, 6.45) is 1.43. The van der Waals surface area contributed by atoms with Gasteiger partial charge in [-0.15, -0.1) is 0 Å². The van der Waals surface area contributed by atoms with Crippen LogP contribution in [0, 0.1) is 12.7 Å². The first kappa shape index (κ1) is 20.7. The highest BCUT2D eigenvalue weighted by Gasteiger charge is 2.24. The average Bonchev–Trinajstić information content (AvgIpc) is 3.14. The highest BCUT2D eigenvalue weighted by molar-refractivity contribution is 6.33.